The topological polar surface area (TPSA) is 105 Å². The quantitative estimate of drug-likeness (QED) is 0.476. The molecule has 0 saturated carbocycles. The zero-order chi connectivity index (χ0) is 24.0. The summed E-state index contributed by atoms with van der Waals surface area (Å²) >= 11 is 5.84. The summed E-state index contributed by atoms with van der Waals surface area (Å²) in [7, 11) is -2.76. The summed E-state index contributed by atoms with van der Waals surface area (Å²) < 4.78 is 52.4. The Hall–Kier alpha value is -3.45. The number of ether oxygens (including phenoxy) is 2. The Bertz CT molecular complexity index is 1320. The molecule has 0 saturated heterocycles. The highest BCUT2D eigenvalue weighted by molar-refractivity contribution is 7.89. The van der Waals surface area contributed by atoms with Gasteiger partial charge in [-0.05, 0) is 54.1 Å². The number of hydrogen-bond donors (Lipinski definition) is 1. The van der Waals surface area contributed by atoms with Gasteiger partial charge in [-0.3, -0.25) is 0 Å². The lowest BCUT2D eigenvalue weighted by molar-refractivity contribution is 0.0468. The van der Waals surface area contributed by atoms with Crippen molar-refractivity contribution in [1.82, 2.24) is 4.72 Å². The monoisotopic (exact) mass is 488 g/mol. The second-order valence-corrected chi connectivity index (χ2v) is 8.98. The van der Waals surface area contributed by atoms with Crippen LogP contribution in [-0.4, -0.2) is 21.5 Å². The van der Waals surface area contributed by atoms with Crippen molar-refractivity contribution in [3.63, 3.8) is 0 Å². The number of carbonyl (C=O) groups excluding carboxylic acids is 1. The van der Waals surface area contributed by atoms with Crippen LogP contribution in [0.5, 0.6) is 5.75 Å². The van der Waals surface area contributed by atoms with E-state index in [1.807, 2.05) is 6.07 Å². The van der Waals surface area contributed by atoms with E-state index < -0.39 is 28.4 Å². The zero-order valence-electron chi connectivity index (χ0n) is 17.3. The van der Waals surface area contributed by atoms with Gasteiger partial charge in [-0.2, -0.15) is 5.26 Å². The number of methoxy groups -OCH3 is 1. The Balaban J connectivity index is 1.78. The average Bonchev–Trinajstić information content (AvgIpc) is 2.82. The number of rotatable bonds is 8. The summed E-state index contributed by atoms with van der Waals surface area (Å²) in [6.45, 7) is -0.436. The fraction of sp³-hybridized carbons (Fsp3) is 0.130. The van der Waals surface area contributed by atoms with Gasteiger partial charge in [0.05, 0.1) is 24.3 Å². The second-order valence-electron chi connectivity index (χ2n) is 6.81. The molecule has 10 heteroatoms. The number of esters is 1. The highest BCUT2D eigenvalue weighted by atomic mass is 35.5. The Morgan fingerprint density at radius 1 is 1.12 bits per heavy atom. The maximum atomic E-state index is 13.9. The van der Waals surface area contributed by atoms with Crippen LogP contribution in [0.15, 0.2) is 65.6 Å². The number of nitrogens with zero attached hydrogens (tertiary/aromatic N) is 1. The van der Waals surface area contributed by atoms with Crippen molar-refractivity contribution in [3.8, 4) is 11.8 Å². The van der Waals surface area contributed by atoms with E-state index in [1.165, 1.54) is 31.4 Å². The van der Waals surface area contributed by atoms with Gasteiger partial charge in [0.1, 0.15) is 23.1 Å². The number of carbonyl (C=O) groups is 1. The summed E-state index contributed by atoms with van der Waals surface area (Å²) in [5.41, 5.74) is 0.846. The molecule has 0 atom stereocenters. The van der Waals surface area contributed by atoms with Gasteiger partial charge in [0.25, 0.3) is 0 Å². The summed E-state index contributed by atoms with van der Waals surface area (Å²) in [5, 5.41) is 9.45. The molecule has 0 unspecified atom stereocenters. The molecule has 0 fully saturated rings. The zero-order valence-corrected chi connectivity index (χ0v) is 18.9. The van der Waals surface area contributed by atoms with Gasteiger partial charge in [0.15, 0.2) is 0 Å². The number of nitriles is 1. The van der Waals surface area contributed by atoms with E-state index in [2.05, 4.69) is 4.72 Å². The molecule has 33 heavy (non-hydrogen) atoms. The molecule has 0 spiro atoms. The number of sulfonamides is 1. The SMILES string of the molecule is COc1ccc(C(=O)OCc2cc(C#N)ccc2F)cc1S(=O)(=O)NCc1ccc(Cl)cc1. The van der Waals surface area contributed by atoms with Gasteiger partial charge in [-0.1, -0.05) is 23.7 Å². The third-order valence-electron chi connectivity index (χ3n) is 4.60. The van der Waals surface area contributed by atoms with Crippen LogP contribution in [0, 0.1) is 17.1 Å². The van der Waals surface area contributed by atoms with Gasteiger partial charge >= 0.3 is 5.97 Å². The molecule has 3 aromatic carbocycles. The molecule has 3 aromatic rings. The highest BCUT2D eigenvalue weighted by Crippen LogP contribution is 2.26. The first-order valence-corrected chi connectivity index (χ1v) is 11.4. The molecule has 170 valence electrons. The van der Waals surface area contributed by atoms with Crippen molar-refractivity contribution >= 4 is 27.6 Å². The van der Waals surface area contributed by atoms with Crippen molar-refractivity contribution < 1.29 is 27.1 Å². The van der Waals surface area contributed by atoms with Gasteiger partial charge in [-0.25, -0.2) is 22.3 Å². The van der Waals surface area contributed by atoms with Gasteiger partial charge in [0, 0.05) is 17.1 Å². The minimum Gasteiger partial charge on any atom is -0.495 e. The Kier molecular flexibility index (Phi) is 7.66. The molecule has 0 aliphatic rings. The molecule has 0 amide bonds. The lowest BCUT2D eigenvalue weighted by atomic mass is 10.1. The fourth-order valence-electron chi connectivity index (χ4n) is 2.85. The van der Waals surface area contributed by atoms with E-state index >= 15 is 0 Å². The Labute approximate surface area is 195 Å². The van der Waals surface area contributed by atoms with Gasteiger partial charge < -0.3 is 9.47 Å². The summed E-state index contributed by atoms with van der Waals surface area (Å²) in [4.78, 5) is 12.2. The molecule has 0 aliphatic carbocycles. The number of halogens is 2. The summed E-state index contributed by atoms with van der Waals surface area (Å²) in [6.07, 6.45) is 0. The fourth-order valence-corrected chi connectivity index (χ4v) is 4.19. The largest absolute Gasteiger partial charge is 0.495 e. The van der Waals surface area contributed by atoms with E-state index in [0.717, 1.165) is 12.1 Å². The minimum atomic E-state index is -4.06. The van der Waals surface area contributed by atoms with Crippen LogP contribution in [0.4, 0.5) is 4.39 Å². The minimum absolute atomic E-state index is 0.00809. The Morgan fingerprint density at radius 2 is 1.85 bits per heavy atom. The van der Waals surface area contributed by atoms with E-state index in [-0.39, 0.29) is 33.9 Å². The smallest absolute Gasteiger partial charge is 0.338 e. The molecule has 3 rings (SSSR count). The molecular weight excluding hydrogens is 471 g/mol. The molecule has 0 radical (unpaired) electrons. The van der Waals surface area contributed by atoms with Crippen LogP contribution < -0.4 is 9.46 Å². The molecular formula is C23H18ClFN2O5S. The second kappa shape index (κ2) is 10.4. The van der Waals surface area contributed by atoms with Gasteiger partial charge in [-0.15, -0.1) is 0 Å². The first-order chi connectivity index (χ1) is 15.7. The van der Waals surface area contributed by atoms with Gasteiger partial charge in [0.2, 0.25) is 10.0 Å². The molecule has 1 N–H and O–H groups in total. The van der Waals surface area contributed by atoms with E-state index in [0.29, 0.717) is 10.6 Å². The van der Waals surface area contributed by atoms with Crippen LogP contribution in [0.2, 0.25) is 5.02 Å². The normalized spacial score (nSPS) is 11.0. The lowest BCUT2D eigenvalue weighted by Crippen LogP contribution is -2.24. The predicted octanol–water partition coefficient (Wildman–Crippen LogP) is 4.19. The molecule has 0 aromatic heterocycles. The van der Waals surface area contributed by atoms with E-state index in [1.54, 1.807) is 24.3 Å². The number of hydrogen-bond acceptors (Lipinski definition) is 6. The number of nitrogens with one attached hydrogen (secondary N) is 1. The predicted molar refractivity (Wildman–Crippen MR) is 119 cm³/mol. The molecule has 0 aliphatic heterocycles. The maximum Gasteiger partial charge on any atom is 0.338 e. The highest BCUT2D eigenvalue weighted by Gasteiger charge is 2.22. The van der Waals surface area contributed by atoms with Crippen molar-refractivity contribution in [2.45, 2.75) is 18.0 Å². The summed E-state index contributed by atoms with van der Waals surface area (Å²) in [5.74, 6) is -1.47. The van der Waals surface area contributed by atoms with Crippen LogP contribution >= 0.6 is 11.6 Å². The third-order valence-corrected chi connectivity index (χ3v) is 6.28. The molecule has 0 bridgehead atoms. The van der Waals surface area contributed by atoms with Crippen molar-refractivity contribution in [1.29, 1.82) is 5.26 Å². The van der Waals surface area contributed by atoms with Crippen LogP contribution in [0.1, 0.15) is 27.0 Å². The molecule has 0 heterocycles. The van der Waals surface area contributed by atoms with Crippen LogP contribution in [0.25, 0.3) is 0 Å². The van der Waals surface area contributed by atoms with Crippen molar-refractivity contribution in [2.24, 2.45) is 0 Å². The first-order valence-electron chi connectivity index (χ1n) is 9.51. The lowest BCUT2D eigenvalue weighted by Gasteiger charge is -2.13. The van der Waals surface area contributed by atoms with Crippen LogP contribution in [-0.2, 0) is 27.9 Å². The first kappa shape index (κ1) is 24.2. The maximum absolute atomic E-state index is 13.9. The Morgan fingerprint density at radius 3 is 2.52 bits per heavy atom. The van der Waals surface area contributed by atoms with Crippen molar-refractivity contribution in [3.05, 3.63) is 93.8 Å². The van der Waals surface area contributed by atoms with Crippen molar-refractivity contribution in [2.75, 3.05) is 7.11 Å². The van der Waals surface area contributed by atoms with E-state index in [4.69, 9.17) is 26.3 Å². The molecule has 7 nitrogen and oxygen atoms in total. The average molecular weight is 489 g/mol. The van der Waals surface area contributed by atoms with Crippen LogP contribution in [0.3, 0.4) is 0 Å². The summed E-state index contributed by atoms with van der Waals surface area (Å²) in [6, 6.07) is 16.0. The standard InChI is InChI=1S/C23H18ClFN2O5S/c1-31-21-9-5-17(23(28)32-14-18-10-16(12-26)4-8-20(18)25)11-22(21)33(29,30)27-13-15-2-6-19(24)7-3-15/h2-11,27H,13-14H2,1H3. The number of benzene rings is 3. The third kappa shape index (κ3) is 6.08. The van der Waals surface area contributed by atoms with E-state index in [9.17, 15) is 17.6 Å².